The van der Waals surface area contributed by atoms with E-state index in [1.54, 1.807) is 24.1 Å². The number of likely N-dealkylation sites (N-methyl/N-ethyl adjacent to an activating group) is 1. The van der Waals surface area contributed by atoms with Crippen molar-refractivity contribution in [2.75, 3.05) is 40.3 Å². The Bertz CT molecular complexity index is 937. The van der Waals surface area contributed by atoms with E-state index in [2.05, 4.69) is 4.90 Å². The first-order valence-electron chi connectivity index (χ1n) is 9.38. The van der Waals surface area contributed by atoms with Gasteiger partial charge in [-0.3, -0.25) is 4.79 Å². The Kier molecular flexibility index (Phi) is 6.17. The van der Waals surface area contributed by atoms with Gasteiger partial charge < -0.3 is 9.80 Å². The molecule has 1 fully saturated rings. The van der Waals surface area contributed by atoms with Gasteiger partial charge in [-0.15, -0.1) is 0 Å². The van der Waals surface area contributed by atoms with Gasteiger partial charge in [-0.2, -0.15) is 4.31 Å². The molecule has 0 bridgehead atoms. The van der Waals surface area contributed by atoms with Gasteiger partial charge in [0.1, 0.15) is 0 Å². The topological polar surface area (TPSA) is 60.9 Å². The van der Waals surface area contributed by atoms with Crippen molar-refractivity contribution in [2.45, 2.75) is 18.4 Å². The van der Waals surface area contributed by atoms with E-state index in [-0.39, 0.29) is 10.8 Å². The molecule has 3 rings (SSSR count). The van der Waals surface area contributed by atoms with E-state index >= 15 is 0 Å². The average molecular weight is 402 g/mol. The molecule has 28 heavy (non-hydrogen) atoms. The number of benzene rings is 2. The molecule has 0 aromatic heterocycles. The van der Waals surface area contributed by atoms with Gasteiger partial charge in [0.15, 0.2) is 0 Å². The predicted octanol–water partition coefficient (Wildman–Crippen LogP) is 2.20. The number of hydrogen-bond acceptors (Lipinski definition) is 4. The molecular weight excluding hydrogens is 374 g/mol. The smallest absolute Gasteiger partial charge is 0.254 e. The molecule has 0 N–H and O–H groups in total. The van der Waals surface area contributed by atoms with Gasteiger partial charge in [0, 0.05) is 45.3 Å². The third-order valence-corrected chi connectivity index (χ3v) is 7.04. The summed E-state index contributed by atoms with van der Waals surface area (Å²) in [7, 11) is 0.107. The van der Waals surface area contributed by atoms with Crippen LogP contribution >= 0.6 is 0 Å². The van der Waals surface area contributed by atoms with E-state index in [9.17, 15) is 13.2 Å². The summed E-state index contributed by atoms with van der Waals surface area (Å²) in [5, 5.41) is 0. The van der Waals surface area contributed by atoms with Crippen LogP contribution in [0.5, 0.6) is 0 Å². The standard InChI is InChI=1S/C21H27N3O3S/c1-17-9-10-19(28(26,27)24-13-11-22(2)12-14-24)15-20(17)21(25)23(3)16-18-7-5-4-6-8-18/h4-10,15H,11-14,16H2,1-3H3. The van der Waals surface area contributed by atoms with Crippen molar-refractivity contribution in [3.05, 3.63) is 65.2 Å². The summed E-state index contributed by atoms with van der Waals surface area (Å²) in [5.41, 5.74) is 2.22. The fourth-order valence-corrected chi connectivity index (χ4v) is 4.75. The number of rotatable bonds is 5. The van der Waals surface area contributed by atoms with Crippen molar-refractivity contribution in [2.24, 2.45) is 0 Å². The molecule has 2 aromatic carbocycles. The number of aryl methyl sites for hydroxylation is 1. The van der Waals surface area contributed by atoms with Gasteiger partial charge in [-0.1, -0.05) is 36.4 Å². The summed E-state index contributed by atoms with van der Waals surface area (Å²) in [6.07, 6.45) is 0. The van der Waals surface area contributed by atoms with Gasteiger partial charge in [0.05, 0.1) is 4.90 Å². The second kappa shape index (κ2) is 8.43. The number of carbonyl (C=O) groups is 1. The summed E-state index contributed by atoms with van der Waals surface area (Å²) in [5.74, 6) is -0.184. The first-order valence-corrected chi connectivity index (χ1v) is 10.8. The molecule has 0 saturated carbocycles. The number of amides is 1. The zero-order valence-electron chi connectivity index (χ0n) is 16.6. The highest BCUT2D eigenvalue weighted by molar-refractivity contribution is 7.89. The van der Waals surface area contributed by atoms with E-state index in [1.165, 1.54) is 10.4 Å². The van der Waals surface area contributed by atoms with Crippen LogP contribution in [0, 0.1) is 6.92 Å². The molecule has 1 amide bonds. The van der Waals surface area contributed by atoms with Crippen LogP contribution < -0.4 is 0 Å². The van der Waals surface area contributed by atoms with Gasteiger partial charge in [-0.25, -0.2) is 8.42 Å². The largest absolute Gasteiger partial charge is 0.337 e. The molecule has 1 heterocycles. The summed E-state index contributed by atoms with van der Waals surface area (Å²) in [6, 6.07) is 14.6. The fourth-order valence-electron chi connectivity index (χ4n) is 3.30. The summed E-state index contributed by atoms with van der Waals surface area (Å²) in [6.45, 7) is 4.63. The summed E-state index contributed by atoms with van der Waals surface area (Å²) < 4.78 is 27.5. The van der Waals surface area contributed by atoms with E-state index in [0.29, 0.717) is 38.3 Å². The highest BCUT2D eigenvalue weighted by Crippen LogP contribution is 2.22. The quantitative estimate of drug-likeness (QED) is 0.771. The van der Waals surface area contributed by atoms with Crippen molar-refractivity contribution < 1.29 is 13.2 Å². The number of sulfonamides is 1. The minimum absolute atomic E-state index is 0.180. The van der Waals surface area contributed by atoms with Crippen molar-refractivity contribution in [1.29, 1.82) is 0 Å². The maximum Gasteiger partial charge on any atom is 0.254 e. The van der Waals surface area contributed by atoms with Gasteiger partial charge >= 0.3 is 0 Å². The molecule has 1 aliphatic rings. The first kappa shape index (κ1) is 20.5. The second-order valence-corrected chi connectivity index (χ2v) is 9.27. The lowest BCUT2D eigenvalue weighted by Gasteiger charge is -2.31. The SMILES string of the molecule is Cc1ccc(S(=O)(=O)N2CCN(C)CC2)cc1C(=O)N(C)Cc1ccccc1. The first-order chi connectivity index (χ1) is 13.3. The monoisotopic (exact) mass is 401 g/mol. The molecule has 0 aliphatic carbocycles. The van der Waals surface area contributed by atoms with Gasteiger partial charge in [0.25, 0.3) is 5.91 Å². The third kappa shape index (κ3) is 4.43. The second-order valence-electron chi connectivity index (χ2n) is 7.33. The average Bonchev–Trinajstić information content (AvgIpc) is 2.68. The Morgan fingerprint density at radius 2 is 1.68 bits per heavy atom. The lowest BCUT2D eigenvalue weighted by Crippen LogP contribution is -2.47. The Morgan fingerprint density at radius 3 is 2.32 bits per heavy atom. The minimum Gasteiger partial charge on any atom is -0.337 e. The van der Waals surface area contributed by atoms with E-state index in [4.69, 9.17) is 0 Å². The maximum absolute atomic E-state index is 13.0. The summed E-state index contributed by atoms with van der Waals surface area (Å²) in [4.78, 5) is 16.9. The summed E-state index contributed by atoms with van der Waals surface area (Å²) >= 11 is 0. The molecule has 0 unspecified atom stereocenters. The molecule has 150 valence electrons. The molecular formula is C21H27N3O3S. The van der Waals surface area contributed by atoms with Crippen molar-refractivity contribution in [3.8, 4) is 0 Å². The highest BCUT2D eigenvalue weighted by Gasteiger charge is 2.28. The molecule has 0 spiro atoms. The van der Waals surface area contributed by atoms with Gasteiger partial charge in [-0.05, 0) is 37.2 Å². The number of piperazine rings is 1. The molecule has 0 radical (unpaired) electrons. The molecule has 6 nitrogen and oxygen atoms in total. The van der Waals surface area contributed by atoms with E-state index in [0.717, 1.165) is 11.1 Å². The molecule has 1 aliphatic heterocycles. The van der Waals surface area contributed by atoms with Crippen LogP contribution in [-0.2, 0) is 16.6 Å². The fraction of sp³-hybridized carbons (Fsp3) is 0.381. The normalized spacial score (nSPS) is 16.1. The lowest BCUT2D eigenvalue weighted by molar-refractivity contribution is 0.0784. The zero-order valence-corrected chi connectivity index (χ0v) is 17.4. The van der Waals surface area contributed by atoms with Gasteiger partial charge in [0.2, 0.25) is 10.0 Å². The molecule has 7 heteroatoms. The third-order valence-electron chi connectivity index (χ3n) is 5.15. The Balaban J connectivity index is 1.83. The zero-order chi connectivity index (χ0) is 20.3. The van der Waals surface area contributed by atoms with E-state index in [1.807, 2.05) is 44.3 Å². The number of hydrogen-bond donors (Lipinski definition) is 0. The van der Waals surface area contributed by atoms with Crippen molar-refractivity contribution in [1.82, 2.24) is 14.1 Å². The van der Waals surface area contributed by atoms with Crippen molar-refractivity contribution >= 4 is 15.9 Å². The Labute approximate surface area is 167 Å². The molecule has 2 aromatic rings. The highest BCUT2D eigenvalue weighted by atomic mass is 32.2. The van der Waals surface area contributed by atoms with Crippen LogP contribution in [0.4, 0.5) is 0 Å². The lowest BCUT2D eigenvalue weighted by atomic mass is 10.1. The predicted molar refractivity (Wildman–Crippen MR) is 110 cm³/mol. The van der Waals surface area contributed by atoms with Crippen LogP contribution in [0.3, 0.4) is 0 Å². The molecule has 0 atom stereocenters. The van der Waals surface area contributed by atoms with Crippen LogP contribution in [0.25, 0.3) is 0 Å². The maximum atomic E-state index is 13.0. The van der Waals surface area contributed by atoms with Crippen LogP contribution in [0.2, 0.25) is 0 Å². The van der Waals surface area contributed by atoms with Crippen molar-refractivity contribution in [3.63, 3.8) is 0 Å². The van der Waals surface area contributed by atoms with Crippen LogP contribution in [-0.4, -0.2) is 68.7 Å². The Morgan fingerprint density at radius 1 is 1.04 bits per heavy atom. The van der Waals surface area contributed by atoms with Crippen LogP contribution in [0.15, 0.2) is 53.4 Å². The molecule has 1 saturated heterocycles. The number of carbonyl (C=O) groups excluding carboxylic acids is 1. The van der Waals surface area contributed by atoms with E-state index < -0.39 is 10.0 Å². The Hall–Kier alpha value is -2.22. The number of nitrogens with zero attached hydrogens (tertiary/aromatic N) is 3. The minimum atomic E-state index is -3.61. The van der Waals surface area contributed by atoms with Crippen LogP contribution in [0.1, 0.15) is 21.5 Å².